The molecule has 0 aliphatic carbocycles. The van der Waals surface area contributed by atoms with Crippen LogP contribution in [0.1, 0.15) is 40.3 Å². The van der Waals surface area contributed by atoms with Crippen LogP contribution >= 0.6 is 0 Å². The molecule has 0 fully saturated rings. The number of ether oxygens (including phenoxy) is 1. The van der Waals surface area contributed by atoms with Gasteiger partial charge in [-0.1, -0.05) is 44.2 Å². The molecule has 0 saturated heterocycles. The van der Waals surface area contributed by atoms with Crippen molar-refractivity contribution in [1.82, 2.24) is 9.55 Å². The van der Waals surface area contributed by atoms with Crippen molar-refractivity contribution >= 4 is 34.3 Å². The van der Waals surface area contributed by atoms with E-state index in [4.69, 9.17) is 9.15 Å². The van der Waals surface area contributed by atoms with Crippen LogP contribution in [0.2, 0.25) is 0 Å². The second-order valence-electron chi connectivity index (χ2n) is 8.12. The maximum Gasteiger partial charge on any atom is 0.356 e. The summed E-state index contributed by atoms with van der Waals surface area (Å²) in [5, 5.41) is 6.88. The summed E-state index contributed by atoms with van der Waals surface area (Å²) in [5.41, 5.74) is 3.45. The lowest BCUT2D eigenvalue weighted by atomic mass is 10.2. The highest BCUT2D eigenvalue weighted by atomic mass is 16.5. The number of rotatable bonds is 8. The topological polar surface area (TPSA) is 98.4 Å². The van der Waals surface area contributed by atoms with E-state index in [-0.39, 0.29) is 17.5 Å². The van der Waals surface area contributed by atoms with Gasteiger partial charge in [-0.25, -0.2) is 9.78 Å². The number of hydrogen-bond acceptors (Lipinski definition) is 6. The zero-order valence-corrected chi connectivity index (χ0v) is 18.8. The number of furan rings is 1. The molecule has 0 spiro atoms. The molecule has 1 amide bonds. The minimum Gasteiger partial charge on any atom is -0.472 e. The Bertz CT molecular complexity index is 1260. The molecule has 0 atom stereocenters. The van der Waals surface area contributed by atoms with Crippen LogP contribution in [-0.2, 0) is 17.8 Å². The fourth-order valence-corrected chi connectivity index (χ4v) is 3.68. The van der Waals surface area contributed by atoms with E-state index in [0.717, 1.165) is 11.3 Å². The molecule has 8 heteroatoms. The quantitative estimate of drug-likeness (QED) is 0.372. The second kappa shape index (κ2) is 9.60. The van der Waals surface area contributed by atoms with E-state index in [1.165, 1.54) is 19.6 Å². The Kier molecular flexibility index (Phi) is 6.44. The molecule has 1 aromatic carbocycles. The summed E-state index contributed by atoms with van der Waals surface area (Å²) >= 11 is 0. The molecule has 0 radical (unpaired) electrons. The largest absolute Gasteiger partial charge is 0.472 e. The highest BCUT2D eigenvalue weighted by molar-refractivity contribution is 6.14. The van der Waals surface area contributed by atoms with Gasteiger partial charge in [0.25, 0.3) is 5.91 Å². The Labute approximate surface area is 191 Å². The molecule has 4 aromatic rings. The predicted molar refractivity (Wildman–Crippen MR) is 126 cm³/mol. The number of pyridine rings is 1. The summed E-state index contributed by atoms with van der Waals surface area (Å²) in [6.07, 6.45) is 4.50. The van der Waals surface area contributed by atoms with Gasteiger partial charge in [0.2, 0.25) is 0 Å². The van der Waals surface area contributed by atoms with Crippen molar-refractivity contribution in [3.05, 3.63) is 78.0 Å². The minimum absolute atomic E-state index is 0.235. The Morgan fingerprint density at radius 2 is 1.97 bits per heavy atom. The molecule has 0 aliphatic rings. The number of fused-ring (bicyclic) bond motifs is 1. The van der Waals surface area contributed by atoms with Crippen molar-refractivity contribution in [2.24, 2.45) is 5.92 Å². The van der Waals surface area contributed by atoms with Crippen LogP contribution in [0.3, 0.4) is 0 Å². The van der Waals surface area contributed by atoms with E-state index in [1.807, 2.05) is 50.2 Å². The van der Waals surface area contributed by atoms with Gasteiger partial charge < -0.3 is 24.4 Å². The Morgan fingerprint density at radius 3 is 2.64 bits per heavy atom. The molecule has 33 heavy (non-hydrogen) atoms. The van der Waals surface area contributed by atoms with E-state index in [0.29, 0.717) is 35.4 Å². The van der Waals surface area contributed by atoms with Crippen LogP contribution in [0.4, 0.5) is 11.4 Å². The number of carbonyl (C=O) groups is 2. The molecular formula is C25H26N4O4. The highest BCUT2D eigenvalue weighted by Crippen LogP contribution is 2.33. The van der Waals surface area contributed by atoms with Gasteiger partial charge in [0.1, 0.15) is 11.9 Å². The predicted octanol–water partition coefficient (Wildman–Crippen LogP) is 4.94. The summed E-state index contributed by atoms with van der Waals surface area (Å²) in [4.78, 5) is 30.3. The number of methoxy groups -OCH3 is 1. The number of amides is 1. The van der Waals surface area contributed by atoms with Gasteiger partial charge >= 0.3 is 5.97 Å². The van der Waals surface area contributed by atoms with Crippen molar-refractivity contribution in [1.29, 1.82) is 0 Å². The molecule has 0 aliphatic heterocycles. The normalized spacial score (nSPS) is 11.0. The van der Waals surface area contributed by atoms with Gasteiger partial charge in [-0.05, 0) is 23.6 Å². The third kappa shape index (κ3) is 4.74. The molecule has 8 nitrogen and oxygen atoms in total. The first-order valence-corrected chi connectivity index (χ1v) is 10.7. The van der Waals surface area contributed by atoms with Gasteiger partial charge in [0, 0.05) is 18.5 Å². The molecule has 0 bridgehead atoms. The number of carbonyl (C=O) groups excluding carboxylic acids is 2. The third-order valence-corrected chi connectivity index (χ3v) is 5.19. The van der Waals surface area contributed by atoms with Gasteiger partial charge in [-0.15, -0.1) is 0 Å². The van der Waals surface area contributed by atoms with Crippen LogP contribution in [0.25, 0.3) is 11.0 Å². The van der Waals surface area contributed by atoms with Gasteiger partial charge in [-0.2, -0.15) is 0 Å². The summed E-state index contributed by atoms with van der Waals surface area (Å²) < 4.78 is 11.9. The third-order valence-electron chi connectivity index (χ3n) is 5.19. The average molecular weight is 447 g/mol. The van der Waals surface area contributed by atoms with Crippen LogP contribution in [0.15, 0.2) is 65.6 Å². The summed E-state index contributed by atoms with van der Waals surface area (Å²) in [5.74, 6) is -0.700. The second-order valence-corrected chi connectivity index (χ2v) is 8.12. The van der Waals surface area contributed by atoms with Crippen molar-refractivity contribution in [3.8, 4) is 0 Å². The first-order valence-electron chi connectivity index (χ1n) is 10.7. The molecule has 0 saturated carbocycles. The number of anilines is 2. The highest BCUT2D eigenvalue weighted by Gasteiger charge is 2.27. The zero-order chi connectivity index (χ0) is 23.4. The monoisotopic (exact) mass is 446 g/mol. The van der Waals surface area contributed by atoms with Crippen molar-refractivity contribution < 1.29 is 18.7 Å². The van der Waals surface area contributed by atoms with Crippen LogP contribution in [-0.4, -0.2) is 28.5 Å². The van der Waals surface area contributed by atoms with Crippen molar-refractivity contribution in [2.75, 3.05) is 17.7 Å². The lowest BCUT2D eigenvalue weighted by Gasteiger charge is -2.12. The molecule has 3 aromatic heterocycles. The van der Waals surface area contributed by atoms with Crippen molar-refractivity contribution in [3.63, 3.8) is 0 Å². The first-order chi connectivity index (χ1) is 16.0. The number of nitrogens with one attached hydrogen (secondary N) is 2. The summed E-state index contributed by atoms with van der Waals surface area (Å²) in [7, 11) is 1.32. The smallest absolute Gasteiger partial charge is 0.356 e. The van der Waals surface area contributed by atoms with Crippen LogP contribution < -0.4 is 10.6 Å². The lowest BCUT2D eigenvalue weighted by Crippen LogP contribution is -2.18. The average Bonchev–Trinajstić information content (AvgIpc) is 3.45. The summed E-state index contributed by atoms with van der Waals surface area (Å²) in [6.45, 7) is 5.24. The van der Waals surface area contributed by atoms with E-state index in [1.54, 1.807) is 16.8 Å². The van der Waals surface area contributed by atoms with Gasteiger partial charge in [0.15, 0.2) is 5.69 Å². The SMILES string of the molecule is COC(=O)c1c(NC(=O)c2ccoc2)c2cc(NCc3ccccc3)cnc2n1CC(C)C. The molecule has 2 N–H and O–H groups in total. The molecular weight excluding hydrogens is 420 g/mol. The standard InChI is InChI=1S/C25H26N4O4/c1-16(2)14-29-22(25(31)32-3)21(28-24(30)18-9-10-33-15-18)20-11-19(13-27-23(20)29)26-12-17-7-5-4-6-8-17/h4-11,13,15-16,26H,12,14H2,1-3H3,(H,28,30). The Morgan fingerprint density at radius 1 is 1.18 bits per heavy atom. The lowest BCUT2D eigenvalue weighted by molar-refractivity contribution is 0.0589. The zero-order valence-electron chi connectivity index (χ0n) is 18.8. The number of benzene rings is 1. The summed E-state index contributed by atoms with van der Waals surface area (Å²) in [6, 6.07) is 13.4. The maximum absolute atomic E-state index is 12.8. The fourth-order valence-electron chi connectivity index (χ4n) is 3.68. The van der Waals surface area contributed by atoms with Gasteiger partial charge in [0.05, 0.1) is 36.5 Å². The van der Waals surface area contributed by atoms with E-state index in [2.05, 4.69) is 15.6 Å². The Balaban J connectivity index is 1.80. The van der Waals surface area contributed by atoms with E-state index < -0.39 is 5.97 Å². The van der Waals surface area contributed by atoms with E-state index >= 15 is 0 Å². The minimum atomic E-state index is -0.546. The number of nitrogens with zero attached hydrogens (tertiary/aromatic N) is 2. The molecule has 0 unspecified atom stereocenters. The van der Waals surface area contributed by atoms with Crippen LogP contribution in [0.5, 0.6) is 0 Å². The maximum atomic E-state index is 12.8. The van der Waals surface area contributed by atoms with Crippen molar-refractivity contribution in [2.45, 2.75) is 26.9 Å². The first kappa shape index (κ1) is 22.1. The Hall–Kier alpha value is -4.07. The van der Waals surface area contributed by atoms with Crippen LogP contribution in [0, 0.1) is 5.92 Å². The molecule has 170 valence electrons. The molecule has 4 rings (SSSR count). The van der Waals surface area contributed by atoms with E-state index in [9.17, 15) is 9.59 Å². The molecule has 3 heterocycles. The van der Waals surface area contributed by atoms with Gasteiger partial charge in [-0.3, -0.25) is 4.79 Å². The number of hydrogen-bond donors (Lipinski definition) is 2. The fraction of sp³-hybridized carbons (Fsp3) is 0.240. The number of esters is 1. The number of aromatic nitrogens is 2.